The summed E-state index contributed by atoms with van der Waals surface area (Å²) in [6.07, 6.45) is 3.38. The van der Waals surface area contributed by atoms with Gasteiger partial charge in [0.05, 0.1) is 24.3 Å². The van der Waals surface area contributed by atoms with Crippen LogP contribution < -0.4 is 15.0 Å². The van der Waals surface area contributed by atoms with E-state index < -0.39 is 5.54 Å². The van der Waals surface area contributed by atoms with E-state index in [2.05, 4.69) is 32.7 Å². The smallest absolute Gasteiger partial charge is 0.275 e. The summed E-state index contributed by atoms with van der Waals surface area (Å²) in [5.74, 6) is 0.953. The molecule has 2 unspecified atom stereocenters. The molecule has 1 N–H and O–H groups in total. The lowest BCUT2D eigenvalue weighted by molar-refractivity contribution is -0.123. The molecule has 1 fully saturated rings. The van der Waals surface area contributed by atoms with Gasteiger partial charge in [-0.2, -0.15) is 0 Å². The van der Waals surface area contributed by atoms with Crippen molar-refractivity contribution in [1.82, 2.24) is 10.3 Å². The van der Waals surface area contributed by atoms with Gasteiger partial charge < -0.3 is 19.7 Å². The molecule has 0 saturated carbocycles. The van der Waals surface area contributed by atoms with Crippen LogP contribution in [-0.2, 0) is 14.3 Å². The highest BCUT2D eigenvalue weighted by atomic mass is 32.1. The van der Waals surface area contributed by atoms with Gasteiger partial charge in [0.2, 0.25) is 0 Å². The van der Waals surface area contributed by atoms with E-state index in [1.165, 1.54) is 5.49 Å². The van der Waals surface area contributed by atoms with E-state index in [0.717, 1.165) is 24.1 Å². The number of thiocarbonyl (C=S) groups is 1. The van der Waals surface area contributed by atoms with E-state index in [9.17, 15) is 9.59 Å². The molecule has 1 aromatic rings. The molecule has 2 atom stereocenters. The second kappa shape index (κ2) is 13.3. The van der Waals surface area contributed by atoms with Crippen LogP contribution in [0.1, 0.15) is 79.2 Å². The normalized spacial score (nSPS) is 21.1. The number of carbonyl (C=O) groups excluding carboxylic acids is 2. The van der Waals surface area contributed by atoms with Crippen LogP contribution in [0, 0.1) is 5.92 Å². The summed E-state index contributed by atoms with van der Waals surface area (Å²) in [5, 5.41) is 9.61. The first kappa shape index (κ1) is 30.5. The van der Waals surface area contributed by atoms with E-state index in [-0.39, 0.29) is 24.2 Å². The topological polar surface area (TPSA) is 83.5 Å². The van der Waals surface area contributed by atoms with E-state index in [0.29, 0.717) is 61.0 Å². The second-order valence-electron chi connectivity index (χ2n) is 10.1. The summed E-state index contributed by atoms with van der Waals surface area (Å²) in [6, 6.07) is 5.57. The molecule has 0 aliphatic carbocycles. The number of hydrogen-bond acceptors (Lipinski definition) is 7. The van der Waals surface area contributed by atoms with Crippen molar-refractivity contribution in [2.45, 2.75) is 79.2 Å². The number of allylic oxidation sites excluding steroid dienone is 2. The van der Waals surface area contributed by atoms with Crippen molar-refractivity contribution in [2.24, 2.45) is 11.0 Å². The Kier molecular flexibility index (Phi) is 10.4. The lowest BCUT2D eigenvalue weighted by atomic mass is 9.89. The molecule has 0 bridgehead atoms. The number of hydrogen-bond donors (Lipinski definition) is 1. The van der Waals surface area contributed by atoms with Gasteiger partial charge in [-0.1, -0.05) is 52.9 Å². The van der Waals surface area contributed by atoms with Gasteiger partial charge in [0.1, 0.15) is 17.0 Å². The number of Topliss-reactive ketones (excluding diaryl/α,β-unsaturated/α-hetero) is 1. The van der Waals surface area contributed by atoms with Crippen molar-refractivity contribution in [2.75, 3.05) is 24.7 Å². The minimum atomic E-state index is -0.872. The van der Waals surface area contributed by atoms with Crippen molar-refractivity contribution in [1.29, 1.82) is 0 Å². The van der Waals surface area contributed by atoms with Crippen molar-refractivity contribution >= 4 is 40.9 Å². The maximum atomic E-state index is 13.6. The molecule has 8 nitrogen and oxygen atoms in total. The first-order valence-electron chi connectivity index (χ1n) is 13.9. The minimum absolute atomic E-state index is 0.0668. The standard InChI is InChI=1S/C30H42N4O4S/c1-8-12-21(6)34-27(22(7)20(5)9-2)29(36)31-28(32-34)24-17-23(13-14-25(24)38-11-4)33(19-39)30(26(35)10-3)15-16-37-18-30/h13-14,17,19-20H,6,8-12,15-16,18H2,1-5,7H3,(H,31,32,36)/b27-22-. The lowest BCUT2D eigenvalue weighted by Crippen LogP contribution is -2.55. The first-order chi connectivity index (χ1) is 18.7. The molecule has 3 rings (SSSR count). The molecule has 0 radical (unpaired) electrons. The van der Waals surface area contributed by atoms with E-state index in [4.69, 9.17) is 26.8 Å². The zero-order chi connectivity index (χ0) is 28.7. The number of benzene rings is 1. The zero-order valence-corrected chi connectivity index (χ0v) is 25.0. The fourth-order valence-corrected chi connectivity index (χ4v) is 5.36. The van der Waals surface area contributed by atoms with Gasteiger partial charge in [-0.3, -0.25) is 9.59 Å². The lowest BCUT2D eigenvalue weighted by Gasteiger charge is -2.38. The van der Waals surface area contributed by atoms with Crippen LogP contribution >= 0.6 is 12.2 Å². The number of amidine groups is 1. The molecular weight excluding hydrogens is 512 g/mol. The number of amides is 1. The van der Waals surface area contributed by atoms with E-state index in [1.807, 2.05) is 43.9 Å². The molecule has 2 heterocycles. The number of nitrogens with one attached hydrogen (secondary N) is 1. The third kappa shape index (κ3) is 6.09. The highest BCUT2D eigenvalue weighted by Gasteiger charge is 2.46. The number of hydrazone groups is 1. The van der Waals surface area contributed by atoms with Crippen molar-refractivity contribution < 1.29 is 19.1 Å². The first-order valence-corrected chi connectivity index (χ1v) is 14.4. The maximum absolute atomic E-state index is 13.6. The van der Waals surface area contributed by atoms with Gasteiger partial charge >= 0.3 is 0 Å². The van der Waals surface area contributed by atoms with Crippen LogP contribution in [0.25, 0.3) is 0 Å². The largest absolute Gasteiger partial charge is 0.493 e. The predicted octanol–water partition coefficient (Wildman–Crippen LogP) is 5.71. The Hall–Kier alpha value is -3.04. The summed E-state index contributed by atoms with van der Waals surface area (Å²) >= 11 is 5.43. The molecule has 1 amide bonds. The predicted molar refractivity (Wildman–Crippen MR) is 160 cm³/mol. The molecule has 0 spiro atoms. The van der Waals surface area contributed by atoms with Crippen molar-refractivity contribution in [3.63, 3.8) is 0 Å². The molecule has 9 heteroatoms. The van der Waals surface area contributed by atoms with Gasteiger partial charge in [0.15, 0.2) is 11.6 Å². The number of anilines is 1. The van der Waals surface area contributed by atoms with Gasteiger partial charge in [-0.25, -0.2) is 5.01 Å². The molecule has 2 aliphatic rings. The average molecular weight is 555 g/mol. The summed E-state index contributed by atoms with van der Waals surface area (Å²) in [4.78, 5) is 28.6. The number of ether oxygens (including phenoxy) is 2. The van der Waals surface area contributed by atoms with Gasteiger partial charge in [-0.15, -0.1) is 5.10 Å². The van der Waals surface area contributed by atoms with Crippen LogP contribution in [-0.4, -0.2) is 53.4 Å². The summed E-state index contributed by atoms with van der Waals surface area (Å²) < 4.78 is 11.6. The number of carbonyl (C=O) groups is 2. The summed E-state index contributed by atoms with van der Waals surface area (Å²) in [5.41, 5.74) is 4.14. The van der Waals surface area contributed by atoms with Crippen LogP contribution in [0.4, 0.5) is 5.69 Å². The van der Waals surface area contributed by atoms with Gasteiger partial charge in [-0.05, 0) is 56.4 Å². The fraction of sp³-hybridized carbons (Fsp3) is 0.533. The zero-order valence-electron chi connectivity index (χ0n) is 24.1. The SMILES string of the molecule is C=C(CCC)N1N=C(c2cc(N(C=S)C3(C(=O)CC)CCOC3)ccc2OCC)NC(=O)/C1=C(\C)C(C)CC. The molecule has 39 heavy (non-hydrogen) atoms. The van der Waals surface area contributed by atoms with Crippen LogP contribution in [0.3, 0.4) is 0 Å². The molecular formula is C30H42N4O4S. The Labute approximate surface area is 238 Å². The van der Waals surface area contributed by atoms with E-state index in [1.54, 1.807) is 5.01 Å². The third-order valence-electron chi connectivity index (χ3n) is 7.63. The monoisotopic (exact) mass is 554 g/mol. The van der Waals surface area contributed by atoms with E-state index >= 15 is 0 Å². The minimum Gasteiger partial charge on any atom is -0.493 e. The molecule has 212 valence electrons. The second-order valence-corrected chi connectivity index (χ2v) is 10.3. The number of rotatable bonds is 13. The number of ketones is 1. The van der Waals surface area contributed by atoms with Crippen LogP contribution in [0.5, 0.6) is 5.75 Å². The molecule has 1 aromatic carbocycles. The maximum Gasteiger partial charge on any atom is 0.275 e. The third-order valence-corrected chi connectivity index (χ3v) is 7.84. The Morgan fingerprint density at radius 3 is 2.67 bits per heavy atom. The van der Waals surface area contributed by atoms with Crippen molar-refractivity contribution in [3.8, 4) is 5.75 Å². The van der Waals surface area contributed by atoms with Crippen LogP contribution in [0.2, 0.25) is 0 Å². The molecule has 2 aliphatic heterocycles. The molecule has 1 saturated heterocycles. The highest BCUT2D eigenvalue weighted by molar-refractivity contribution is 7.79. The fourth-order valence-electron chi connectivity index (χ4n) is 5.04. The Morgan fingerprint density at radius 2 is 2.10 bits per heavy atom. The Balaban J connectivity index is 2.20. The quantitative estimate of drug-likeness (QED) is 0.247. The summed E-state index contributed by atoms with van der Waals surface area (Å²) in [7, 11) is 0. The average Bonchev–Trinajstić information content (AvgIpc) is 3.43. The Morgan fingerprint density at radius 1 is 1.36 bits per heavy atom. The molecule has 0 aromatic heterocycles. The van der Waals surface area contributed by atoms with Gasteiger partial charge in [0, 0.05) is 30.8 Å². The van der Waals surface area contributed by atoms with Crippen molar-refractivity contribution in [3.05, 3.63) is 47.3 Å². The number of nitrogens with zero attached hydrogens (tertiary/aromatic N) is 3. The summed E-state index contributed by atoms with van der Waals surface area (Å²) in [6.45, 7) is 17.4. The Bertz CT molecular complexity index is 1170. The highest BCUT2D eigenvalue weighted by Crippen LogP contribution is 2.36. The van der Waals surface area contributed by atoms with Gasteiger partial charge in [0.25, 0.3) is 5.91 Å². The van der Waals surface area contributed by atoms with Crippen LogP contribution in [0.15, 0.2) is 46.8 Å².